The van der Waals surface area contributed by atoms with E-state index < -0.39 is 0 Å². The van der Waals surface area contributed by atoms with Crippen LogP contribution in [0, 0.1) is 6.92 Å². The molecular formula is C51H36N6. The topological polar surface area (TPSA) is 60.9 Å². The van der Waals surface area contributed by atoms with Gasteiger partial charge in [0.2, 0.25) is 0 Å². The van der Waals surface area contributed by atoms with Gasteiger partial charge in [0.15, 0.2) is 0 Å². The highest BCUT2D eigenvalue weighted by Crippen LogP contribution is 2.40. The van der Waals surface area contributed by atoms with Crippen LogP contribution in [0.15, 0.2) is 188 Å². The van der Waals surface area contributed by atoms with Crippen LogP contribution in [0.4, 0.5) is 0 Å². The first-order valence-corrected chi connectivity index (χ1v) is 19.0. The highest BCUT2D eigenvalue weighted by atomic mass is 15.0. The van der Waals surface area contributed by atoms with Crippen molar-refractivity contribution >= 4 is 45.5 Å². The van der Waals surface area contributed by atoms with Crippen LogP contribution in [0.3, 0.4) is 0 Å². The first-order valence-electron chi connectivity index (χ1n) is 19.0. The average molecular weight is 733 g/mol. The monoisotopic (exact) mass is 732 g/mol. The van der Waals surface area contributed by atoms with Gasteiger partial charge in [-0.1, -0.05) is 78.9 Å². The van der Waals surface area contributed by atoms with Gasteiger partial charge in [-0.25, -0.2) is 0 Å². The van der Waals surface area contributed by atoms with Gasteiger partial charge in [0.1, 0.15) is 0 Å². The van der Waals surface area contributed by atoms with Crippen molar-refractivity contribution in [2.45, 2.75) is 6.92 Å². The summed E-state index contributed by atoms with van der Waals surface area (Å²) in [5.74, 6) is 0. The average Bonchev–Trinajstić information content (AvgIpc) is 3.76. The number of benzene rings is 5. The van der Waals surface area contributed by atoms with E-state index in [1.165, 1.54) is 5.39 Å². The summed E-state index contributed by atoms with van der Waals surface area (Å²) in [5, 5.41) is 3.40. The van der Waals surface area contributed by atoms with Crippen molar-refractivity contribution in [1.82, 2.24) is 24.1 Å². The number of aromatic nitrogens is 5. The molecule has 0 spiro atoms. The van der Waals surface area contributed by atoms with E-state index in [2.05, 4.69) is 170 Å². The Kier molecular flexibility index (Phi) is 8.42. The normalized spacial score (nSPS) is 11.6. The summed E-state index contributed by atoms with van der Waals surface area (Å²) in [7, 11) is 0. The molecule has 0 saturated heterocycles. The molecule has 0 atom stereocenters. The predicted molar refractivity (Wildman–Crippen MR) is 236 cm³/mol. The van der Waals surface area contributed by atoms with Gasteiger partial charge in [0, 0.05) is 69.6 Å². The number of aryl methyl sites for hydroxylation is 1. The van der Waals surface area contributed by atoms with Crippen LogP contribution in [0.1, 0.15) is 11.3 Å². The van der Waals surface area contributed by atoms with E-state index in [0.29, 0.717) is 0 Å². The number of fused-ring (bicyclic) bond motifs is 4. The van der Waals surface area contributed by atoms with Crippen molar-refractivity contribution < 1.29 is 0 Å². The van der Waals surface area contributed by atoms with E-state index in [1.807, 2.05) is 55.1 Å². The SMILES string of the molecule is C=N/C=C\c1c(C)c2cc(-c3ccccc3-c3ccccn3)ccc2n1-c1cccc(-n2c3ccncc3c3cc(-c4ccccc4-c4ccccn4)ccc32)c1. The molecule has 5 aromatic heterocycles. The molecule has 0 aliphatic rings. The van der Waals surface area contributed by atoms with Gasteiger partial charge in [0.05, 0.1) is 33.6 Å². The highest BCUT2D eigenvalue weighted by molar-refractivity contribution is 6.10. The Bertz CT molecular complexity index is 3150. The first-order chi connectivity index (χ1) is 28.2. The lowest BCUT2D eigenvalue weighted by molar-refractivity contribution is 1.08. The maximum Gasteiger partial charge on any atom is 0.0708 e. The van der Waals surface area contributed by atoms with Crippen molar-refractivity contribution in [3.8, 4) is 56.1 Å². The van der Waals surface area contributed by atoms with Gasteiger partial charge in [-0.3, -0.25) is 19.9 Å². The van der Waals surface area contributed by atoms with E-state index in [9.17, 15) is 0 Å². The first kappa shape index (κ1) is 33.8. The number of pyridine rings is 3. The zero-order valence-electron chi connectivity index (χ0n) is 31.3. The Morgan fingerprint density at radius 1 is 0.509 bits per heavy atom. The molecule has 0 aliphatic carbocycles. The number of nitrogens with zero attached hydrogens (tertiary/aromatic N) is 6. The van der Waals surface area contributed by atoms with Gasteiger partial charge in [-0.2, -0.15) is 0 Å². The van der Waals surface area contributed by atoms with Crippen LogP contribution in [0.2, 0.25) is 0 Å². The second-order valence-corrected chi connectivity index (χ2v) is 14.1. The van der Waals surface area contributed by atoms with Gasteiger partial charge in [-0.15, -0.1) is 0 Å². The molecule has 6 nitrogen and oxygen atoms in total. The Hall–Kier alpha value is -7.70. The molecule has 0 fully saturated rings. The molecule has 0 unspecified atom stereocenters. The standard InChI is InChI=1S/C51H36N6/c1-34-43-30-35(39-14-3-5-16-41(39)46-18-7-9-26-54-46)20-22-49(43)56(48(34)24-28-52-2)37-12-11-13-38(32-37)57-50-23-21-36(31-44(50)45-33-53-29-25-51(45)57)40-15-4-6-17-42(40)47-19-8-10-27-55-47/h3-33H,2H2,1H3/b28-24-. The van der Waals surface area contributed by atoms with Gasteiger partial charge in [-0.05, 0) is 120 Å². The third kappa shape index (κ3) is 5.83. The Balaban J connectivity index is 1.13. The Labute approximate surface area is 330 Å². The number of rotatable bonds is 8. The zero-order valence-corrected chi connectivity index (χ0v) is 31.3. The van der Waals surface area contributed by atoms with Crippen LogP contribution >= 0.6 is 0 Å². The number of hydrogen-bond donors (Lipinski definition) is 0. The summed E-state index contributed by atoms with van der Waals surface area (Å²) in [4.78, 5) is 18.0. The fourth-order valence-electron chi connectivity index (χ4n) is 8.28. The van der Waals surface area contributed by atoms with Crippen LogP contribution in [0.25, 0.3) is 94.9 Å². The zero-order chi connectivity index (χ0) is 38.3. The largest absolute Gasteiger partial charge is 0.309 e. The quantitative estimate of drug-likeness (QED) is 0.146. The molecule has 10 rings (SSSR count). The molecule has 0 N–H and O–H groups in total. The smallest absolute Gasteiger partial charge is 0.0708 e. The third-order valence-electron chi connectivity index (χ3n) is 10.9. The molecule has 270 valence electrons. The summed E-state index contributed by atoms with van der Waals surface area (Å²) in [6.45, 7) is 5.93. The molecular weight excluding hydrogens is 697 g/mol. The molecule has 5 aromatic carbocycles. The minimum absolute atomic E-state index is 0.950. The highest BCUT2D eigenvalue weighted by Gasteiger charge is 2.19. The summed E-state index contributed by atoms with van der Waals surface area (Å²) in [6.07, 6.45) is 11.4. The van der Waals surface area contributed by atoms with Crippen molar-refractivity contribution in [1.29, 1.82) is 0 Å². The van der Waals surface area contributed by atoms with Crippen molar-refractivity contribution in [2.24, 2.45) is 4.99 Å². The minimum atomic E-state index is 0.950. The number of aliphatic imine (C=N–C) groups is 1. The van der Waals surface area contributed by atoms with Crippen LogP contribution in [-0.4, -0.2) is 30.8 Å². The third-order valence-corrected chi connectivity index (χ3v) is 10.9. The fraction of sp³-hybridized carbons (Fsp3) is 0.0196. The van der Waals surface area contributed by atoms with E-state index >= 15 is 0 Å². The molecule has 0 radical (unpaired) electrons. The van der Waals surface area contributed by atoms with Crippen LogP contribution < -0.4 is 0 Å². The minimum Gasteiger partial charge on any atom is -0.309 e. The molecule has 6 heteroatoms. The van der Waals surface area contributed by atoms with Crippen LogP contribution in [-0.2, 0) is 0 Å². The fourth-order valence-corrected chi connectivity index (χ4v) is 8.28. The maximum atomic E-state index is 4.67. The summed E-state index contributed by atoms with van der Waals surface area (Å²) >= 11 is 0. The lowest BCUT2D eigenvalue weighted by atomic mass is 9.96. The molecule has 0 saturated carbocycles. The lowest BCUT2D eigenvalue weighted by Gasteiger charge is -2.14. The maximum absolute atomic E-state index is 4.67. The second kappa shape index (κ2) is 14.2. The van der Waals surface area contributed by atoms with Gasteiger partial charge < -0.3 is 9.13 Å². The lowest BCUT2D eigenvalue weighted by Crippen LogP contribution is -2.00. The van der Waals surface area contributed by atoms with Crippen molar-refractivity contribution in [3.63, 3.8) is 0 Å². The van der Waals surface area contributed by atoms with E-state index in [4.69, 9.17) is 0 Å². The number of hydrogen-bond acceptors (Lipinski definition) is 4. The molecule has 0 amide bonds. The summed E-state index contributed by atoms with van der Waals surface area (Å²) in [6, 6.07) is 53.4. The van der Waals surface area contributed by atoms with Crippen molar-refractivity contribution in [2.75, 3.05) is 0 Å². The van der Waals surface area contributed by atoms with E-state index in [1.54, 1.807) is 6.20 Å². The Morgan fingerprint density at radius 2 is 1.07 bits per heavy atom. The molecule has 0 aliphatic heterocycles. The van der Waals surface area contributed by atoms with Crippen molar-refractivity contribution in [3.05, 3.63) is 194 Å². The van der Waals surface area contributed by atoms with Gasteiger partial charge in [0.25, 0.3) is 0 Å². The van der Waals surface area contributed by atoms with Gasteiger partial charge >= 0.3 is 0 Å². The summed E-state index contributed by atoms with van der Waals surface area (Å²) in [5.41, 5.74) is 16.3. The second-order valence-electron chi connectivity index (χ2n) is 14.1. The molecule has 5 heterocycles. The van der Waals surface area contributed by atoms with E-state index in [0.717, 1.165) is 94.7 Å². The molecule has 10 aromatic rings. The summed E-state index contributed by atoms with van der Waals surface area (Å²) < 4.78 is 4.67. The Morgan fingerprint density at radius 3 is 1.68 bits per heavy atom. The van der Waals surface area contributed by atoms with E-state index in [-0.39, 0.29) is 0 Å². The molecule has 57 heavy (non-hydrogen) atoms. The predicted octanol–water partition coefficient (Wildman–Crippen LogP) is 12.6. The molecule has 0 bridgehead atoms. The van der Waals surface area contributed by atoms with Crippen LogP contribution in [0.5, 0.6) is 0 Å².